The highest BCUT2D eigenvalue weighted by Gasteiger charge is 2.15. The summed E-state index contributed by atoms with van der Waals surface area (Å²) >= 11 is 5.90. The fourth-order valence-corrected chi connectivity index (χ4v) is 1.77. The number of amides is 1. The number of rotatable bonds is 3. The summed E-state index contributed by atoms with van der Waals surface area (Å²) in [6.07, 6.45) is 0. The number of carbonyl (C=O) groups is 1. The molecule has 0 atom stereocenters. The van der Waals surface area contributed by atoms with Crippen LogP contribution in [0.25, 0.3) is 0 Å². The van der Waals surface area contributed by atoms with Crippen LogP contribution in [-0.4, -0.2) is 10.9 Å². The van der Waals surface area contributed by atoms with Gasteiger partial charge < -0.3 is 10.7 Å². The maximum Gasteiger partial charge on any atom is 0.275 e. The third-order valence-corrected chi connectivity index (χ3v) is 2.86. The average Bonchev–Trinajstić information content (AvgIpc) is 2.49. The number of benzene rings is 1. The van der Waals surface area contributed by atoms with E-state index in [-0.39, 0.29) is 27.8 Å². The van der Waals surface area contributed by atoms with Gasteiger partial charge in [0.25, 0.3) is 5.91 Å². The molecule has 21 heavy (non-hydrogen) atoms. The highest BCUT2D eigenvalue weighted by Crippen LogP contribution is 2.20. The van der Waals surface area contributed by atoms with Crippen molar-refractivity contribution in [3.05, 3.63) is 52.4 Å². The summed E-state index contributed by atoms with van der Waals surface area (Å²) in [6, 6.07) is 8.17. The van der Waals surface area contributed by atoms with E-state index in [4.69, 9.17) is 22.7 Å². The lowest BCUT2D eigenvalue weighted by molar-refractivity contribution is 0.102. The number of nitrogens with zero attached hydrogens (tertiary/aromatic N) is 2. The summed E-state index contributed by atoms with van der Waals surface area (Å²) in [5, 5.41) is 11.5. The fourth-order valence-electron chi connectivity index (χ4n) is 1.58. The molecule has 1 heterocycles. The van der Waals surface area contributed by atoms with Gasteiger partial charge in [-0.15, -0.1) is 0 Å². The summed E-state index contributed by atoms with van der Waals surface area (Å²) < 4.78 is 13.0. The molecule has 6 nitrogen and oxygen atoms in total. The molecule has 4 N–H and O–H groups in total. The Bertz CT molecular complexity index is 744. The maximum atomic E-state index is 13.0. The monoisotopic (exact) mass is 305 g/mol. The van der Waals surface area contributed by atoms with Crippen LogP contribution >= 0.6 is 11.6 Å². The molecule has 0 unspecified atom stereocenters. The number of nitrogen functional groups attached to an aromatic ring is 1. The van der Waals surface area contributed by atoms with Gasteiger partial charge >= 0.3 is 0 Å². The number of halogens is 2. The standard InChI is InChI=1S/C13H9ClFN5O/c14-9-2-4-11(20-17)19-12(9)13(21)18-10-3-1-8(15)5-7(10)6-16/h1-5H,17H2,(H,18,21)(H,19,20). The van der Waals surface area contributed by atoms with Crippen molar-refractivity contribution in [2.24, 2.45) is 5.84 Å². The Balaban J connectivity index is 2.33. The second kappa shape index (κ2) is 6.17. The van der Waals surface area contributed by atoms with Gasteiger partial charge in [0.15, 0.2) is 0 Å². The summed E-state index contributed by atoms with van der Waals surface area (Å²) in [6.45, 7) is 0. The molecule has 1 amide bonds. The Morgan fingerprint density at radius 2 is 2.14 bits per heavy atom. The van der Waals surface area contributed by atoms with Crippen molar-refractivity contribution in [3.8, 4) is 6.07 Å². The topological polar surface area (TPSA) is 104 Å². The molecule has 0 aliphatic heterocycles. The molecule has 2 rings (SSSR count). The lowest BCUT2D eigenvalue weighted by Crippen LogP contribution is -2.17. The van der Waals surface area contributed by atoms with Gasteiger partial charge in [-0.2, -0.15) is 5.26 Å². The van der Waals surface area contributed by atoms with Crippen molar-refractivity contribution in [2.45, 2.75) is 0 Å². The Labute approximate surface area is 124 Å². The van der Waals surface area contributed by atoms with Gasteiger partial charge in [0.1, 0.15) is 23.4 Å². The van der Waals surface area contributed by atoms with Crippen molar-refractivity contribution in [3.63, 3.8) is 0 Å². The van der Waals surface area contributed by atoms with Crippen molar-refractivity contribution in [1.29, 1.82) is 5.26 Å². The number of hydrogen-bond acceptors (Lipinski definition) is 5. The molecule has 1 aromatic heterocycles. The second-order valence-electron chi connectivity index (χ2n) is 3.93. The van der Waals surface area contributed by atoms with Crippen LogP contribution in [-0.2, 0) is 0 Å². The van der Waals surface area contributed by atoms with Crippen LogP contribution in [0.2, 0.25) is 5.02 Å². The fraction of sp³-hybridized carbons (Fsp3) is 0. The van der Waals surface area contributed by atoms with E-state index < -0.39 is 11.7 Å². The van der Waals surface area contributed by atoms with Crippen molar-refractivity contribution in [2.75, 3.05) is 10.7 Å². The minimum absolute atomic E-state index is 0.00687. The zero-order valence-electron chi connectivity index (χ0n) is 10.5. The Kier molecular flexibility index (Phi) is 4.33. The second-order valence-corrected chi connectivity index (χ2v) is 4.33. The molecule has 106 valence electrons. The molecular formula is C13H9ClFN5O. The molecule has 0 aliphatic rings. The summed E-state index contributed by atoms with van der Waals surface area (Å²) in [7, 11) is 0. The van der Waals surface area contributed by atoms with Gasteiger partial charge in [-0.25, -0.2) is 15.2 Å². The number of aromatic nitrogens is 1. The molecular weight excluding hydrogens is 297 g/mol. The van der Waals surface area contributed by atoms with E-state index in [0.717, 1.165) is 12.1 Å². The average molecular weight is 306 g/mol. The normalized spacial score (nSPS) is 9.81. The van der Waals surface area contributed by atoms with Crippen LogP contribution < -0.4 is 16.6 Å². The largest absolute Gasteiger partial charge is 0.319 e. The van der Waals surface area contributed by atoms with Crippen LogP contribution in [0.3, 0.4) is 0 Å². The number of nitrogens with two attached hydrogens (primary N) is 1. The molecule has 0 radical (unpaired) electrons. The van der Waals surface area contributed by atoms with E-state index in [1.54, 1.807) is 6.07 Å². The molecule has 2 aromatic rings. The number of hydrogen-bond donors (Lipinski definition) is 3. The highest BCUT2D eigenvalue weighted by molar-refractivity contribution is 6.34. The molecule has 0 fully saturated rings. The highest BCUT2D eigenvalue weighted by atomic mass is 35.5. The SMILES string of the molecule is N#Cc1cc(F)ccc1NC(=O)c1nc(NN)ccc1Cl. The van der Waals surface area contributed by atoms with Gasteiger partial charge in [0, 0.05) is 0 Å². The Hall–Kier alpha value is -2.69. The van der Waals surface area contributed by atoms with Crippen LogP contribution in [0.4, 0.5) is 15.9 Å². The van der Waals surface area contributed by atoms with E-state index in [2.05, 4.69) is 15.7 Å². The van der Waals surface area contributed by atoms with Crippen LogP contribution in [0.1, 0.15) is 16.1 Å². The molecule has 0 aliphatic carbocycles. The summed E-state index contributed by atoms with van der Waals surface area (Å²) in [5.41, 5.74) is 2.38. The predicted octanol–water partition coefficient (Wildman–Crippen LogP) is 2.28. The quantitative estimate of drug-likeness (QED) is 0.596. The van der Waals surface area contributed by atoms with Crippen molar-refractivity contribution >= 4 is 29.0 Å². The zero-order valence-corrected chi connectivity index (χ0v) is 11.3. The number of anilines is 2. The number of nitriles is 1. The molecule has 0 saturated carbocycles. The zero-order chi connectivity index (χ0) is 15.4. The number of carbonyl (C=O) groups excluding carboxylic acids is 1. The number of pyridine rings is 1. The molecule has 1 aromatic carbocycles. The lowest BCUT2D eigenvalue weighted by atomic mass is 10.2. The van der Waals surface area contributed by atoms with Gasteiger partial charge in [-0.1, -0.05) is 11.6 Å². The van der Waals surface area contributed by atoms with Crippen LogP contribution in [0.15, 0.2) is 30.3 Å². The van der Waals surface area contributed by atoms with Gasteiger partial charge in [-0.05, 0) is 30.3 Å². The van der Waals surface area contributed by atoms with Crippen molar-refractivity contribution in [1.82, 2.24) is 4.98 Å². The molecule has 0 saturated heterocycles. The van der Waals surface area contributed by atoms with Gasteiger partial charge in [-0.3, -0.25) is 4.79 Å². The molecule has 8 heteroatoms. The van der Waals surface area contributed by atoms with E-state index in [9.17, 15) is 9.18 Å². The van der Waals surface area contributed by atoms with Gasteiger partial charge in [0.05, 0.1) is 16.3 Å². The molecule has 0 spiro atoms. The first-order valence-electron chi connectivity index (χ1n) is 5.69. The summed E-state index contributed by atoms with van der Waals surface area (Å²) in [5.74, 6) is 4.25. The third-order valence-electron chi connectivity index (χ3n) is 2.56. The van der Waals surface area contributed by atoms with E-state index in [0.29, 0.717) is 0 Å². The smallest absolute Gasteiger partial charge is 0.275 e. The number of nitrogens with one attached hydrogen (secondary N) is 2. The first-order valence-corrected chi connectivity index (χ1v) is 6.07. The predicted molar refractivity (Wildman–Crippen MR) is 76.1 cm³/mol. The number of hydrazine groups is 1. The lowest BCUT2D eigenvalue weighted by Gasteiger charge is -2.09. The Morgan fingerprint density at radius 1 is 1.38 bits per heavy atom. The Morgan fingerprint density at radius 3 is 2.81 bits per heavy atom. The van der Waals surface area contributed by atoms with Crippen LogP contribution in [0.5, 0.6) is 0 Å². The first-order chi connectivity index (χ1) is 10.0. The van der Waals surface area contributed by atoms with Crippen molar-refractivity contribution < 1.29 is 9.18 Å². The van der Waals surface area contributed by atoms with E-state index in [1.807, 2.05) is 0 Å². The molecule has 0 bridgehead atoms. The third kappa shape index (κ3) is 3.25. The minimum Gasteiger partial charge on any atom is -0.319 e. The minimum atomic E-state index is -0.639. The van der Waals surface area contributed by atoms with Gasteiger partial charge in [0.2, 0.25) is 0 Å². The van der Waals surface area contributed by atoms with E-state index in [1.165, 1.54) is 18.2 Å². The first kappa shape index (κ1) is 14.7. The van der Waals surface area contributed by atoms with Crippen LogP contribution in [0, 0.1) is 17.1 Å². The van der Waals surface area contributed by atoms with E-state index >= 15 is 0 Å². The maximum absolute atomic E-state index is 13.0. The summed E-state index contributed by atoms with van der Waals surface area (Å²) in [4.78, 5) is 16.0.